The Morgan fingerprint density at radius 2 is 2.08 bits per heavy atom. The van der Waals surface area contributed by atoms with E-state index in [4.69, 9.17) is 0 Å². The van der Waals surface area contributed by atoms with Crippen molar-refractivity contribution in [2.75, 3.05) is 13.6 Å². The highest BCUT2D eigenvalue weighted by molar-refractivity contribution is 5.33. The summed E-state index contributed by atoms with van der Waals surface area (Å²) in [5.41, 5.74) is 0.967. The van der Waals surface area contributed by atoms with Crippen LogP contribution in [0.2, 0.25) is 0 Å². The zero-order valence-electron chi connectivity index (χ0n) is 7.83. The Kier molecular flexibility index (Phi) is 4.06. The van der Waals surface area contributed by atoms with Crippen LogP contribution in [-0.4, -0.2) is 18.7 Å². The van der Waals surface area contributed by atoms with Crippen molar-refractivity contribution in [2.45, 2.75) is 6.42 Å². The lowest BCUT2D eigenvalue weighted by molar-refractivity contribution is 0.469. The summed E-state index contributed by atoms with van der Waals surface area (Å²) >= 11 is 0. The quantitative estimate of drug-likeness (QED) is 0.686. The molecule has 0 spiro atoms. The van der Waals surface area contributed by atoms with Crippen molar-refractivity contribution < 1.29 is 5.11 Å². The van der Waals surface area contributed by atoms with Gasteiger partial charge in [0.05, 0.1) is 0 Å². The second kappa shape index (κ2) is 5.38. The van der Waals surface area contributed by atoms with Gasteiger partial charge in [-0.1, -0.05) is 30.4 Å². The molecule has 2 heteroatoms. The summed E-state index contributed by atoms with van der Waals surface area (Å²) in [5.74, 6) is 0.372. The summed E-state index contributed by atoms with van der Waals surface area (Å²) in [6.45, 7) is 0.869. The number of hydrogen-bond acceptors (Lipinski definition) is 2. The number of phenols is 1. The number of benzene rings is 1. The second-order valence-corrected chi connectivity index (χ2v) is 2.86. The largest absolute Gasteiger partial charge is 0.508 e. The van der Waals surface area contributed by atoms with Crippen molar-refractivity contribution in [3.05, 3.63) is 42.0 Å². The molecule has 0 saturated heterocycles. The Balaban J connectivity index is 2.49. The molecule has 70 valence electrons. The SMILES string of the molecule is CNC/C=C\Cc1ccccc1O. The minimum atomic E-state index is 0.372. The molecule has 0 amide bonds. The fraction of sp³-hybridized carbons (Fsp3) is 0.273. The fourth-order valence-corrected chi connectivity index (χ4v) is 1.09. The van der Waals surface area contributed by atoms with Gasteiger partial charge in [0.2, 0.25) is 0 Å². The molecule has 1 rings (SSSR count). The summed E-state index contributed by atoms with van der Waals surface area (Å²) in [7, 11) is 1.91. The van der Waals surface area contributed by atoms with Crippen LogP contribution in [0.1, 0.15) is 5.56 Å². The van der Waals surface area contributed by atoms with Gasteiger partial charge < -0.3 is 10.4 Å². The van der Waals surface area contributed by atoms with Crippen LogP contribution in [0, 0.1) is 0 Å². The maximum Gasteiger partial charge on any atom is 0.119 e. The van der Waals surface area contributed by atoms with Gasteiger partial charge in [-0.3, -0.25) is 0 Å². The van der Waals surface area contributed by atoms with Crippen LogP contribution < -0.4 is 5.32 Å². The number of nitrogens with one attached hydrogen (secondary N) is 1. The number of para-hydroxylation sites is 1. The van der Waals surface area contributed by atoms with Crippen molar-refractivity contribution in [2.24, 2.45) is 0 Å². The molecule has 0 saturated carbocycles. The van der Waals surface area contributed by atoms with E-state index >= 15 is 0 Å². The number of likely N-dealkylation sites (N-methyl/N-ethyl adjacent to an activating group) is 1. The lowest BCUT2D eigenvalue weighted by Gasteiger charge is -1.99. The topological polar surface area (TPSA) is 32.3 Å². The molecule has 0 fully saturated rings. The lowest BCUT2D eigenvalue weighted by Crippen LogP contribution is -2.03. The van der Waals surface area contributed by atoms with Crippen LogP contribution in [-0.2, 0) is 6.42 Å². The molecule has 0 aliphatic carbocycles. The van der Waals surface area contributed by atoms with E-state index in [2.05, 4.69) is 5.32 Å². The van der Waals surface area contributed by atoms with E-state index in [9.17, 15) is 5.11 Å². The van der Waals surface area contributed by atoms with Crippen molar-refractivity contribution in [1.82, 2.24) is 5.32 Å². The summed E-state index contributed by atoms with van der Waals surface area (Å²) < 4.78 is 0. The Morgan fingerprint density at radius 3 is 2.77 bits per heavy atom. The predicted molar refractivity (Wildman–Crippen MR) is 54.9 cm³/mol. The first-order chi connectivity index (χ1) is 6.34. The van der Waals surface area contributed by atoms with E-state index in [-0.39, 0.29) is 0 Å². The monoisotopic (exact) mass is 177 g/mol. The predicted octanol–water partition coefficient (Wildman–Crippen LogP) is 1.71. The molecule has 0 heterocycles. The minimum absolute atomic E-state index is 0.372. The van der Waals surface area contributed by atoms with E-state index in [0.29, 0.717) is 5.75 Å². The zero-order valence-corrected chi connectivity index (χ0v) is 7.83. The van der Waals surface area contributed by atoms with Gasteiger partial charge in [0, 0.05) is 6.54 Å². The van der Waals surface area contributed by atoms with Crippen molar-refractivity contribution >= 4 is 0 Å². The van der Waals surface area contributed by atoms with Crippen LogP contribution in [0.4, 0.5) is 0 Å². The number of rotatable bonds is 4. The minimum Gasteiger partial charge on any atom is -0.508 e. The number of aromatic hydroxyl groups is 1. The van der Waals surface area contributed by atoms with E-state index in [0.717, 1.165) is 18.5 Å². The van der Waals surface area contributed by atoms with Crippen molar-refractivity contribution in [1.29, 1.82) is 0 Å². The normalized spacial score (nSPS) is 10.8. The van der Waals surface area contributed by atoms with Crippen LogP contribution in [0.3, 0.4) is 0 Å². The molecular weight excluding hydrogens is 162 g/mol. The third-order valence-corrected chi connectivity index (χ3v) is 1.82. The number of hydrogen-bond donors (Lipinski definition) is 2. The highest BCUT2D eigenvalue weighted by Gasteiger charge is 1.94. The average molecular weight is 177 g/mol. The Hall–Kier alpha value is -1.28. The molecule has 2 nitrogen and oxygen atoms in total. The van der Waals surface area contributed by atoms with Gasteiger partial charge in [-0.25, -0.2) is 0 Å². The molecule has 1 aromatic rings. The number of allylic oxidation sites excluding steroid dienone is 1. The van der Waals surface area contributed by atoms with E-state index in [1.165, 1.54) is 0 Å². The molecule has 0 radical (unpaired) electrons. The van der Waals surface area contributed by atoms with Crippen LogP contribution in [0.15, 0.2) is 36.4 Å². The summed E-state index contributed by atoms with van der Waals surface area (Å²) in [4.78, 5) is 0. The molecule has 0 bridgehead atoms. The average Bonchev–Trinajstić information content (AvgIpc) is 2.15. The molecular formula is C11H15NO. The third kappa shape index (κ3) is 3.30. The molecule has 0 atom stereocenters. The molecule has 1 aromatic carbocycles. The Morgan fingerprint density at radius 1 is 1.31 bits per heavy atom. The Bertz CT molecular complexity index is 281. The van der Waals surface area contributed by atoms with Crippen molar-refractivity contribution in [3.63, 3.8) is 0 Å². The molecule has 0 unspecified atom stereocenters. The van der Waals surface area contributed by atoms with Crippen LogP contribution in [0.5, 0.6) is 5.75 Å². The van der Waals surface area contributed by atoms with Gasteiger partial charge in [0.1, 0.15) is 5.75 Å². The smallest absolute Gasteiger partial charge is 0.119 e. The molecule has 0 aliphatic rings. The maximum atomic E-state index is 9.42. The highest BCUT2D eigenvalue weighted by atomic mass is 16.3. The lowest BCUT2D eigenvalue weighted by atomic mass is 10.1. The highest BCUT2D eigenvalue weighted by Crippen LogP contribution is 2.15. The van der Waals surface area contributed by atoms with Crippen LogP contribution >= 0.6 is 0 Å². The van der Waals surface area contributed by atoms with Gasteiger partial charge in [-0.2, -0.15) is 0 Å². The fourth-order valence-electron chi connectivity index (χ4n) is 1.09. The molecule has 0 aliphatic heterocycles. The first-order valence-electron chi connectivity index (χ1n) is 4.41. The first-order valence-corrected chi connectivity index (χ1v) is 4.41. The van der Waals surface area contributed by atoms with Crippen molar-refractivity contribution in [3.8, 4) is 5.75 Å². The summed E-state index contributed by atoms with van der Waals surface area (Å²) in [5, 5.41) is 12.4. The molecule has 2 N–H and O–H groups in total. The van der Waals surface area contributed by atoms with Gasteiger partial charge >= 0.3 is 0 Å². The van der Waals surface area contributed by atoms with E-state index in [1.807, 2.05) is 37.4 Å². The summed E-state index contributed by atoms with van der Waals surface area (Å²) in [6, 6.07) is 7.40. The van der Waals surface area contributed by atoms with Gasteiger partial charge in [0.15, 0.2) is 0 Å². The van der Waals surface area contributed by atoms with Gasteiger partial charge in [0.25, 0.3) is 0 Å². The molecule has 0 aromatic heterocycles. The third-order valence-electron chi connectivity index (χ3n) is 1.82. The maximum absolute atomic E-state index is 9.42. The van der Waals surface area contributed by atoms with Gasteiger partial charge in [-0.05, 0) is 25.1 Å². The van der Waals surface area contributed by atoms with Crippen LogP contribution in [0.25, 0.3) is 0 Å². The zero-order chi connectivity index (χ0) is 9.52. The molecule has 13 heavy (non-hydrogen) atoms. The van der Waals surface area contributed by atoms with E-state index < -0.39 is 0 Å². The number of phenolic OH excluding ortho intramolecular Hbond substituents is 1. The van der Waals surface area contributed by atoms with Gasteiger partial charge in [-0.15, -0.1) is 0 Å². The standard InChI is InChI=1S/C11H15NO/c1-12-9-5-4-7-10-6-2-3-8-11(10)13/h2-6,8,12-13H,7,9H2,1H3/b5-4-. The summed E-state index contributed by atoms with van der Waals surface area (Å²) in [6.07, 6.45) is 4.88. The Labute approximate surface area is 78.9 Å². The van der Waals surface area contributed by atoms with E-state index in [1.54, 1.807) is 6.07 Å². The first kappa shape index (κ1) is 9.81. The second-order valence-electron chi connectivity index (χ2n) is 2.86.